The zero-order valence-electron chi connectivity index (χ0n) is 12.0. The summed E-state index contributed by atoms with van der Waals surface area (Å²) in [7, 11) is 1.44. The molecule has 1 aromatic carbocycles. The number of benzene rings is 1. The Balaban J connectivity index is 2.81. The van der Waals surface area contributed by atoms with Gasteiger partial charge in [0.05, 0.1) is 17.6 Å². The molecule has 0 fully saturated rings. The first-order valence-corrected chi connectivity index (χ1v) is 6.20. The molecule has 0 aromatic heterocycles. The van der Waals surface area contributed by atoms with Crippen molar-refractivity contribution in [1.82, 2.24) is 5.32 Å². The Labute approximate surface area is 120 Å². The molecular formula is C14H17F4NO2. The van der Waals surface area contributed by atoms with Gasteiger partial charge in [-0.15, -0.1) is 0 Å². The Bertz CT molecular complexity index is 512. The summed E-state index contributed by atoms with van der Waals surface area (Å²) in [6.07, 6.45) is -4.63. The standard InChI is InChI=1S/C14H17F4NO2/c1-13(2,8-21-3)12(20)19-7-9-4-10(14(16,17)18)6-11(15)5-9/h4-6H,7-8H2,1-3H3,(H,19,20). The van der Waals surface area contributed by atoms with Crippen LogP contribution in [0.4, 0.5) is 17.6 Å². The molecule has 1 rings (SSSR count). The van der Waals surface area contributed by atoms with Crippen molar-refractivity contribution in [2.75, 3.05) is 13.7 Å². The summed E-state index contributed by atoms with van der Waals surface area (Å²) in [5.74, 6) is -1.38. The molecule has 7 heteroatoms. The number of ether oxygens (including phenoxy) is 1. The van der Waals surface area contributed by atoms with Crippen LogP contribution in [0.5, 0.6) is 0 Å². The molecule has 0 saturated carbocycles. The molecule has 0 saturated heterocycles. The Kier molecular flexibility index (Phi) is 5.33. The summed E-state index contributed by atoms with van der Waals surface area (Å²) >= 11 is 0. The molecule has 3 nitrogen and oxygen atoms in total. The molecule has 0 aliphatic carbocycles. The van der Waals surface area contributed by atoms with E-state index >= 15 is 0 Å². The highest BCUT2D eigenvalue weighted by atomic mass is 19.4. The van der Waals surface area contributed by atoms with Crippen molar-refractivity contribution < 1.29 is 27.1 Å². The van der Waals surface area contributed by atoms with Crippen molar-refractivity contribution in [3.05, 3.63) is 35.1 Å². The summed E-state index contributed by atoms with van der Waals surface area (Å²) in [6.45, 7) is 3.25. The molecule has 1 N–H and O–H groups in total. The number of amides is 1. The minimum absolute atomic E-state index is 0.0453. The van der Waals surface area contributed by atoms with Crippen LogP contribution < -0.4 is 5.32 Å². The Morgan fingerprint density at radius 1 is 1.24 bits per heavy atom. The van der Waals surface area contributed by atoms with Crippen LogP contribution in [0.15, 0.2) is 18.2 Å². The van der Waals surface area contributed by atoms with E-state index in [9.17, 15) is 22.4 Å². The lowest BCUT2D eigenvalue weighted by molar-refractivity contribution is -0.137. The van der Waals surface area contributed by atoms with Gasteiger partial charge in [-0.3, -0.25) is 4.79 Å². The van der Waals surface area contributed by atoms with E-state index in [4.69, 9.17) is 4.74 Å². The van der Waals surface area contributed by atoms with E-state index in [2.05, 4.69) is 5.32 Å². The number of hydrogen-bond acceptors (Lipinski definition) is 2. The maximum Gasteiger partial charge on any atom is 0.416 e. The van der Waals surface area contributed by atoms with Crippen molar-refractivity contribution in [3.63, 3.8) is 0 Å². The minimum Gasteiger partial charge on any atom is -0.384 e. The van der Waals surface area contributed by atoms with Gasteiger partial charge in [-0.1, -0.05) is 0 Å². The predicted molar refractivity (Wildman–Crippen MR) is 68.9 cm³/mol. The number of nitrogens with one attached hydrogen (secondary N) is 1. The van der Waals surface area contributed by atoms with Gasteiger partial charge in [-0.05, 0) is 37.6 Å². The molecule has 0 bridgehead atoms. The molecule has 0 aliphatic heterocycles. The van der Waals surface area contributed by atoms with Crippen LogP contribution in [0, 0.1) is 11.2 Å². The molecule has 0 heterocycles. The predicted octanol–water partition coefficient (Wildman–Crippen LogP) is 3.13. The van der Waals surface area contributed by atoms with E-state index in [0.717, 1.165) is 12.1 Å². The van der Waals surface area contributed by atoms with Crippen LogP contribution in [0.3, 0.4) is 0 Å². The fourth-order valence-corrected chi connectivity index (χ4v) is 1.76. The molecule has 0 aliphatic rings. The first kappa shape index (κ1) is 17.4. The Morgan fingerprint density at radius 3 is 2.38 bits per heavy atom. The van der Waals surface area contributed by atoms with Gasteiger partial charge in [0.1, 0.15) is 5.82 Å². The smallest absolute Gasteiger partial charge is 0.384 e. The fraction of sp³-hybridized carbons (Fsp3) is 0.500. The molecular weight excluding hydrogens is 290 g/mol. The maximum absolute atomic E-state index is 13.2. The van der Waals surface area contributed by atoms with Gasteiger partial charge < -0.3 is 10.1 Å². The molecule has 0 unspecified atom stereocenters. The first-order chi connectivity index (χ1) is 9.56. The number of carbonyl (C=O) groups excluding carboxylic acids is 1. The van der Waals surface area contributed by atoms with Crippen LogP contribution in [0.1, 0.15) is 25.0 Å². The lowest BCUT2D eigenvalue weighted by atomic mass is 9.93. The Morgan fingerprint density at radius 2 is 1.86 bits per heavy atom. The molecule has 118 valence electrons. The van der Waals surface area contributed by atoms with Gasteiger partial charge in [-0.2, -0.15) is 13.2 Å². The number of rotatable bonds is 5. The van der Waals surface area contributed by atoms with Crippen molar-refractivity contribution in [1.29, 1.82) is 0 Å². The van der Waals surface area contributed by atoms with Gasteiger partial charge in [0.25, 0.3) is 0 Å². The first-order valence-electron chi connectivity index (χ1n) is 6.20. The van der Waals surface area contributed by atoms with Crippen molar-refractivity contribution in [3.8, 4) is 0 Å². The van der Waals surface area contributed by atoms with Gasteiger partial charge in [0.15, 0.2) is 0 Å². The normalized spacial score (nSPS) is 12.3. The third kappa shape index (κ3) is 5.00. The second-order valence-electron chi connectivity index (χ2n) is 5.35. The zero-order chi connectivity index (χ0) is 16.3. The third-order valence-electron chi connectivity index (χ3n) is 2.86. The van der Waals surface area contributed by atoms with Crippen LogP contribution in [-0.4, -0.2) is 19.6 Å². The highest BCUT2D eigenvalue weighted by molar-refractivity contribution is 5.81. The topological polar surface area (TPSA) is 38.3 Å². The number of halogens is 4. The lowest BCUT2D eigenvalue weighted by Gasteiger charge is -2.22. The Hall–Kier alpha value is -1.63. The highest BCUT2D eigenvalue weighted by Gasteiger charge is 2.31. The van der Waals surface area contributed by atoms with E-state index < -0.39 is 23.0 Å². The maximum atomic E-state index is 13.2. The van der Waals surface area contributed by atoms with Crippen molar-refractivity contribution in [2.45, 2.75) is 26.6 Å². The molecule has 0 spiro atoms. The SMILES string of the molecule is COCC(C)(C)C(=O)NCc1cc(F)cc(C(F)(F)F)c1. The molecule has 21 heavy (non-hydrogen) atoms. The summed E-state index contributed by atoms with van der Waals surface area (Å²) < 4.78 is 55.8. The van der Waals surface area contributed by atoms with Gasteiger partial charge in [0.2, 0.25) is 5.91 Å². The van der Waals surface area contributed by atoms with E-state index in [1.165, 1.54) is 7.11 Å². The number of hydrogen-bond donors (Lipinski definition) is 1. The number of alkyl halides is 3. The largest absolute Gasteiger partial charge is 0.416 e. The number of methoxy groups -OCH3 is 1. The van der Waals surface area contributed by atoms with E-state index in [-0.39, 0.29) is 24.6 Å². The van der Waals surface area contributed by atoms with Crippen LogP contribution in [-0.2, 0) is 22.3 Å². The molecule has 1 amide bonds. The van der Waals surface area contributed by atoms with Gasteiger partial charge >= 0.3 is 6.18 Å². The van der Waals surface area contributed by atoms with Crippen molar-refractivity contribution in [2.24, 2.45) is 5.41 Å². The fourth-order valence-electron chi connectivity index (χ4n) is 1.76. The summed E-state index contributed by atoms with van der Waals surface area (Å²) in [5.41, 5.74) is -1.86. The van der Waals surface area contributed by atoms with E-state index in [1.54, 1.807) is 13.8 Å². The van der Waals surface area contributed by atoms with Crippen LogP contribution in [0.2, 0.25) is 0 Å². The highest BCUT2D eigenvalue weighted by Crippen LogP contribution is 2.30. The molecule has 0 radical (unpaired) electrons. The monoisotopic (exact) mass is 307 g/mol. The van der Waals surface area contributed by atoms with Gasteiger partial charge in [-0.25, -0.2) is 4.39 Å². The molecule has 0 atom stereocenters. The summed E-state index contributed by atoms with van der Waals surface area (Å²) in [4.78, 5) is 11.9. The van der Waals surface area contributed by atoms with Crippen molar-refractivity contribution >= 4 is 5.91 Å². The van der Waals surface area contributed by atoms with E-state index in [1.807, 2.05) is 0 Å². The zero-order valence-corrected chi connectivity index (χ0v) is 12.0. The number of carbonyl (C=O) groups is 1. The second kappa shape index (κ2) is 6.43. The summed E-state index contributed by atoms with van der Waals surface area (Å²) in [5, 5.41) is 2.48. The molecule has 1 aromatic rings. The lowest BCUT2D eigenvalue weighted by Crippen LogP contribution is -2.39. The third-order valence-corrected chi connectivity index (χ3v) is 2.86. The average Bonchev–Trinajstić information content (AvgIpc) is 2.34. The van der Waals surface area contributed by atoms with Gasteiger partial charge in [0, 0.05) is 13.7 Å². The minimum atomic E-state index is -4.63. The quantitative estimate of drug-likeness (QED) is 0.849. The average molecular weight is 307 g/mol. The van der Waals surface area contributed by atoms with Crippen LogP contribution >= 0.6 is 0 Å². The van der Waals surface area contributed by atoms with E-state index in [0.29, 0.717) is 6.07 Å². The van der Waals surface area contributed by atoms with Crippen LogP contribution in [0.25, 0.3) is 0 Å². The summed E-state index contributed by atoms with van der Waals surface area (Å²) in [6, 6.07) is 2.19. The second-order valence-corrected chi connectivity index (χ2v) is 5.35.